The van der Waals surface area contributed by atoms with Gasteiger partial charge in [0, 0.05) is 36.9 Å². The number of guanidine groups is 1. The van der Waals surface area contributed by atoms with Crippen LogP contribution in [0.2, 0.25) is 5.02 Å². The number of hydrogen-bond acceptors (Lipinski definition) is 3. The number of nitrogens with zero attached hydrogens (tertiary/aromatic N) is 2. The summed E-state index contributed by atoms with van der Waals surface area (Å²) in [5.41, 5.74) is 3.70. The second-order valence-corrected chi connectivity index (χ2v) is 7.17. The highest BCUT2D eigenvalue weighted by Crippen LogP contribution is 2.22. The first-order chi connectivity index (χ1) is 13.8. The van der Waals surface area contributed by atoms with Crippen LogP contribution in [0.25, 0.3) is 0 Å². The Hall–Kier alpha value is -2.24. The summed E-state index contributed by atoms with van der Waals surface area (Å²) in [5.74, 6) is 0.835. The van der Waals surface area contributed by atoms with Crippen molar-refractivity contribution in [3.63, 3.8) is 0 Å². The maximum atomic E-state index is 6.06. The number of anilines is 1. The molecule has 5 nitrogen and oxygen atoms in total. The second-order valence-electron chi connectivity index (χ2n) is 6.73. The van der Waals surface area contributed by atoms with Gasteiger partial charge in [-0.15, -0.1) is 0 Å². The highest BCUT2D eigenvalue weighted by Gasteiger charge is 2.14. The SMILES string of the molecule is CCNC(=NCc1ccccc1N1CCOCC1)NCCc1cccc(Cl)c1. The van der Waals surface area contributed by atoms with Crippen molar-refractivity contribution in [1.82, 2.24) is 10.6 Å². The van der Waals surface area contributed by atoms with Crippen molar-refractivity contribution in [3.8, 4) is 0 Å². The number of para-hydroxylation sites is 1. The molecule has 2 N–H and O–H groups in total. The number of aliphatic imine (C=N–C) groups is 1. The minimum atomic E-state index is 0.639. The molecule has 1 fully saturated rings. The zero-order valence-corrected chi connectivity index (χ0v) is 17.2. The first-order valence-corrected chi connectivity index (χ1v) is 10.3. The van der Waals surface area contributed by atoms with Crippen LogP contribution in [0.5, 0.6) is 0 Å². The summed E-state index contributed by atoms with van der Waals surface area (Å²) in [7, 11) is 0. The van der Waals surface area contributed by atoms with Crippen LogP contribution >= 0.6 is 11.6 Å². The number of benzene rings is 2. The van der Waals surface area contributed by atoms with Gasteiger partial charge in [0.15, 0.2) is 5.96 Å². The number of morpholine rings is 1. The summed E-state index contributed by atoms with van der Waals surface area (Å²) in [5, 5.41) is 7.52. The first kappa shape index (κ1) is 20.5. The van der Waals surface area contributed by atoms with Crippen LogP contribution < -0.4 is 15.5 Å². The van der Waals surface area contributed by atoms with Crippen LogP contribution in [0.15, 0.2) is 53.5 Å². The Morgan fingerprint density at radius 3 is 2.71 bits per heavy atom. The fraction of sp³-hybridized carbons (Fsp3) is 0.409. The molecule has 0 saturated carbocycles. The third kappa shape index (κ3) is 6.14. The normalized spacial score (nSPS) is 14.8. The Morgan fingerprint density at radius 1 is 1.11 bits per heavy atom. The van der Waals surface area contributed by atoms with Gasteiger partial charge < -0.3 is 20.3 Å². The topological polar surface area (TPSA) is 48.9 Å². The average molecular weight is 401 g/mol. The Kier molecular flexibility index (Phi) is 8.00. The van der Waals surface area contributed by atoms with Crippen LogP contribution in [-0.2, 0) is 17.7 Å². The fourth-order valence-electron chi connectivity index (χ4n) is 3.28. The molecule has 3 rings (SSSR count). The van der Waals surface area contributed by atoms with Crippen molar-refractivity contribution in [2.75, 3.05) is 44.3 Å². The van der Waals surface area contributed by atoms with Crippen molar-refractivity contribution < 1.29 is 4.74 Å². The van der Waals surface area contributed by atoms with E-state index >= 15 is 0 Å². The van der Waals surface area contributed by atoms with Crippen LogP contribution in [0.1, 0.15) is 18.1 Å². The number of rotatable bonds is 7. The number of hydrogen-bond donors (Lipinski definition) is 2. The van der Waals surface area contributed by atoms with Crippen LogP contribution in [-0.4, -0.2) is 45.4 Å². The third-order valence-electron chi connectivity index (χ3n) is 4.69. The largest absolute Gasteiger partial charge is 0.378 e. The molecule has 1 aliphatic rings. The molecule has 1 saturated heterocycles. The van der Waals surface area contributed by atoms with E-state index in [1.54, 1.807) is 0 Å². The van der Waals surface area contributed by atoms with E-state index in [-0.39, 0.29) is 0 Å². The van der Waals surface area contributed by atoms with Crippen molar-refractivity contribution in [2.24, 2.45) is 4.99 Å². The molecule has 0 aromatic heterocycles. The first-order valence-electron chi connectivity index (χ1n) is 9.93. The summed E-state index contributed by atoms with van der Waals surface area (Å²) in [6.07, 6.45) is 0.898. The molecular weight excluding hydrogens is 372 g/mol. The fourth-order valence-corrected chi connectivity index (χ4v) is 3.49. The van der Waals surface area contributed by atoms with Gasteiger partial charge in [-0.1, -0.05) is 41.9 Å². The smallest absolute Gasteiger partial charge is 0.191 e. The molecule has 1 heterocycles. The lowest BCUT2D eigenvalue weighted by Gasteiger charge is -2.30. The summed E-state index contributed by atoms with van der Waals surface area (Å²) < 4.78 is 5.48. The number of nitrogens with one attached hydrogen (secondary N) is 2. The molecule has 0 unspecified atom stereocenters. The molecular formula is C22H29ClN4O. The predicted molar refractivity (Wildman–Crippen MR) is 117 cm³/mol. The average Bonchev–Trinajstić information content (AvgIpc) is 2.73. The zero-order chi connectivity index (χ0) is 19.6. The standard InChI is InChI=1S/C22H29ClN4O/c1-2-24-22(25-11-10-18-6-5-8-20(23)16-18)26-17-19-7-3-4-9-21(19)27-12-14-28-15-13-27/h3-9,16H,2,10-15,17H2,1H3,(H2,24,25,26). The molecule has 6 heteroatoms. The molecule has 0 aliphatic carbocycles. The minimum absolute atomic E-state index is 0.639. The Labute approximate surface area is 172 Å². The molecule has 0 bridgehead atoms. The van der Waals surface area contributed by atoms with Crippen molar-refractivity contribution in [3.05, 3.63) is 64.7 Å². The second kappa shape index (κ2) is 10.9. The van der Waals surface area contributed by atoms with Crippen molar-refractivity contribution >= 4 is 23.2 Å². The van der Waals surface area contributed by atoms with Gasteiger partial charge >= 0.3 is 0 Å². The maximum absolute atomic E-state index is 6.06. The van der Waals surface area contributed by atoms with Crippen LogP contribution in [0.4, 0.5) is 5.69 Å². The van der Waals surface area contributed by atoms with E-state index in [4.69, 9.17) is 21.3 Å². The van der Waals surface area contributed by atoms with Crippen molar-refractivity contribution in [2.45, 2.75) is 19.9 Å². The van der Waals surface area contributed by atoms with Gasteiger partial charge in [-0.3, -0.25) is 0 Å². The minimum Gasteiger partial charge on any atom is -0.378 e. The molecule has 0 radical (unpaired) electrons. The summed E-state index contributed by atoms with van der Waals surface area (Å²) in [6, 6.07) is 16.5. The lowest BCUT2D eigenvalue weighted by Crippen LogP contribution is -2.38. The van der Waals surface area contributed by atoms with Crippen LogP contribution in [0.3, 0.4) is 0 Å². The van der Waals surface area contributed by atoms with Crippen molar-refractivity contribution in [1.29, 1.82) is 0 Å². The van der Waals surface area contributed by atoms with Gasteiger partial charge in [0.2, 0.25) is 0 Å². The predicted octanol–water partition coefficient (Wildman–Crippen LogP) is 3.47. The van der Waals surface area contributed by atoms with Gasteiger partial charge in [0.25, 0.3) is 0 Å². The highest BCUT2D eigenvalue weighted by molar-refractivity contribution is 6.30. The van der Waals surface area contributed by atoms with Gasteiger partial charge in [0.1, 0.15) is 0 Å². The highest BCUT2D eigenvalue weighted by atomic mass is 35.5. The Bertz CT molecular complexity index is 775. The summed E-state index contributed by atoms with van der Waals surface area (Å²) >= 11 is 6.06. The Morgan fingerprint density at radius 2 is 1.93 bits per heavy atom. The van der Waals surface area contributed by atoms with Gasteiger partial charge in [-0.2, -0.15) is 0 Å². The lowest BCUT2D eigenvalue weighted by molar-refractivity contribution is 0.122. The zero-order valence-electron chi connectivity index (χ0n) is 16.5. The molecule has 150 valence electrons. The summed E-state index contributed by atoms with van der Waals surface area (Å²) in [6.45, 7) is 7.77. The van der Waals surface area contributed by atoms with E-state index in [9.17, 15) is 0 Å². The van der Waals surface area contributed by atoms with Gasteiger partial charge in [-0.25, -0.2) is 4.99 Å². The van der Waals surface area contributed by atoms with Gasteiger partial charge in [0.05, 0.1) is 19.8 Å². The molecule has 1 aliphatic heterocycles. The molecule has 0 spiro atoms. The number of halogens is 1. The molecule has 2 aromatic rings. The molecule has 0 amide bonds. The van der Waals surface area contributed by atoms with E-state index in [0.29, 0.717) is 6.54 Å². The number of ether oxygens (including phenoxy) is 1. The molecule has 2 aromatic carbocycles. The van der Waals surface area contributed by atoms with Crippen LogP contribution in [0, 0.1) is 0 Å². The third-order valence-corrected chi connectivity index (χ3v) is 4.93. The lowest BCUT2D eigenvalue weighted by atomic mass is 10.1. The van der Waals surface area contributed by atoms with E-state index in [1.807, 2.05) is 18.2 Å². The quantitative estimate of drug-likeness (QED) is 0.552. The molecule has 28 heavy (non-hydrogen) atoms. The van der Waals surface area contributed by atoms with E-state index < -0.39 is 0 Å². The van der Waals surface area contributed by atoms with E-state index in [0.717, 1.165) is 56.8 Å². The van der Waals surface area contributed by atoms with E-state index in [1.165, 1.54) is 16.8 Å². The molecule has 0 atom stereocenters. The maximum Gasteiger partial charge on any atom is 0.191 e. The summed E-state index contributed by atoms with van der Waals surface area (Å²) in [4.78, 5) is 7.18. The van der Waals surface area contributed by atoms with E-state index in [2.05, 4.69) is 52.8 Å². The Balaban J connectivity index is 1.61. The van der Waals surface area contributed by atoms with Gasteiger partial charge in [-0.05, 0) is 42.7 Å². The monoisotopic (exact) mass is 400 g/mol.